The lowest BCUT2D eigenvalue weighted by Crippen LogP contribution is -2.04. The molecule has 2 aromatic rings. The van der Waals surface area contributed by atoms with Crippen molar-refractivity contribution in [2.24, 2.45) is 0 Å². The summed E-state index contributed by atoms with van der Waals surface area (Å²) in [6.45, 7) is 0. The Morgan fingerprint density at radius 3 is 3.07 bits per heavy atom. The molecule has 0 unspecified atom stereocenters. The van der Waals surface area contributed by atoms with Gasteiger partial charge < -0.3 is 10.3 Å². The maximum atomic E-state index is 11.0. The Kier molecular flexibility index (Phi) is 1.52. The van der Waals surface area contributed by atoms with Crippen LogP contribution in [0.1, 0.15) is 5.69 Å². The second-order valence-corrected chi connectivity index (χ2v) is 4.23. The van der Waals surface area contributed by atoms with Crippen molar-refractivity contribution in [2.45, 2.75) is 6.42 Å². The molecule has 2 N–H and O–H groups in total. The van der Waals surface area contributed by atoms with Crippen molar-refractivity contribution in [2.75, 3.05) is 5.32 Å². The smallest absolute Gasteiger partial charge is 0.230 e. The van der Waals surface area contributed by atoms with E-state index in [9.17, 15) is 4.79 Å². The van der Waals surface area contributed by atoms with E-state index in [4.69, 9.17) is 0 Å². The fourth-order valence-electron chi connectivity index (χ4n) is 1.67. The van der Waals surface area contributed by atoms with Gasteiger partial charge in [-0.05, 0) is 17.5 Å². The van der Waals surface area contributed by atoms with Crippen molar-refractivity contribution in [1.82, 2.24) is 4.98 Å². The third-order valence-corrected chi connectivity index (χ3v) is 3.20. The van der Waals surface area contributed by atoms with Crippen LogP contribution in [0.25, 0.3) is 10.6 Å². The molecule has 1 amide bonds. The standard InChI is InChI=1S/C10H8N2OS/c13-10-5-7-6(12-10)4-8(11-7)9-2-1-3-14-9/h1-4,11H,5H2,(H,12,13). The molecule has 1 aliphatic heterocycles. The largest absolute Gasteiger partial charge is 0.356 e. The van der Waals surface area contributed by atoms with Crippen molar-refractivity contribution in [3.63, 3.8) is 0 Å². The molecule has 70 valence electrons. The number of aromatic nitrogens is 1. The number of rotatable bonds is 1. The van der Waals surface area contributed by atoms with Gasteiger partial charge in [0.25, 0.3) is 0 Å². The minimum absolute atomic E-state index is 0.0731. The molecule has 0 saturated heterocycles. The van der Waals surface area contributed by atoms with Crippen LogP contribution in [-0.4, -0.2) is 10.9 Å². The van der Waals surface area contributed by atoms with Gasteiger partial charge in [-0.3, -0.25) is 4.79 Å². The molecule has 0 radical (unpaired) electrons. The van der Waals surface area contributed by atoms with Gasteiger partial charge >= 0.3 is 0 Å². The number of H-pyrrole nitrogens is 1. The lowest BCUT2D eigenvalue weighted by Gasteiger charge is -1.92. The minimum atomic E-state index is 0.0731. The van der Waals surface area contributed by atoms with Crippen LogP contribution >= 0.6 is 11.3 Å². The summed E-state index contributed by atoms with van der Waals surface area (Å²) in [6.07, 6.45) is 0.473. The molecule has 0 aromatic carbocycles. The van der Waals surface area contributed by atoms with Gasteiger partial charge in [0, 0.05) is 5.69 Å². The van der Waals surface area contributed by atoms with Gasteiger partial charge in [0.1, 0.15) is 0 Å². The van der Waals surface area contributed by atoms with Gasteiger partial charge in [-0.1, -0.05) is 6.07 Å². The molecular weight excluding hydrogens is 196 g/mol. The monoisotopic (exact) mass is 204 g/mol. The summed E-state index contributed by atoms with van der Waals surface area (Å²) >= 11 is 1.69. The molecule has 3 rings (SSSR count). The number of carbonyl (C=O) groups excluding carboxylic acids is 1. The first-order chi connectivity index (χ1) is 6.83. The fourth-order valence-corrected chi connectivity index (χ4v) is 2.37. The average Bonchev–Trinajstić information content (AvgIpc) is 2.74. The maximum Gasteiger partial charge on any atom is 0.230 e. The zero-order valence-corrected chi connectivity index (χ0v) is 8.15. The summed E-state index contributed by atoms with van der Waals surface area (Å²) in [5.41, 5.74) is 3.02. The Bertz CT molecular complexity index is 459. The van der Waals surface area contributed by atoms with Crippen LogP contribution in [0.15, 0.2) is 23.6 Å². The van der Waals surface area contributed by atoms with Crippen LogP contribution in [0.4, 0.5) is 5.69 Å². The Labute approximate surface area is 84.8 Å². The van der Waals surface area contributed by atoms with Crippen molar-refractivity contribution < 1.29 is 4.79 Å². The van der Waals surface area contributed by atoms with Gasteiger partial charge in [-0.15, -0.1) is 11.3 Å². The van der Waals surface area contributed by atoms with E-state index in [1.54, 1.807) is 11.3 Å². The molecule has 0 bridgehead atoms. The van der Waals surface area contributed by atoms with Gasteiger partial charge in [-0.25, -0.2) is 0 Å². The van der Waals surface area contributed by atoms with Crippen molar-refractivity contribution >= 4 is 22.9 Å². The molecule has 2 aromatic heterocycles. The zero-order valence-electron chi connectivity index (χ0n) is 7.33. The van der Waals surface area contributed by atoms with Crippen LogP contribution in [0, 0.1) is 0 Å². The Morgan fingerprint density at radius 2 is 2.36 bits per heavy atom. The van der Waals surface area contributed by atoms with Gasteiger partial charge in [-0.2, -0.15) is 0 Å². The van der Waals surface area contributed by atoms with Crippen LogP contribution < -0.4 is 5.32 Å². The van der Waals surface area contributed by atoms with Crippen LogP contribution in [0.2, 0.25) is 0 Å². The van der Waals surface area contributed by atoms with Gasteiger partial charge in [0.15, 0.2) is 0 Å². The summed E-state index contributed by atoms with van der Waals surface area (Å²) in [4.78, 5) is 15.5. The Hall–Kier alpha value is -1.55. The van der Waals surface area contributed by atoms with E-state index in [1.165, 1.54) is 4.88 Å². The number of nitrogens with one attached hydrogen (secondary N) is 2. The van der Waals surface area contributed by atoms with E-state index in [1.807, 2.05) is 17.5 Å². The highest BCUT2D eigenvalue weighted by Crippen LogP contribution is 2.31. The van der Waals surface area contributed by atoms with Gasteiger partial charge in [0.05, 0.1) is 22.7 Å². The fraction of sp³-hybridized carbons (Fsp3) is 0.100. The molecule has 0 aliphatic carbocycles. The molecule has 3 nitrogen and oxygen atoms in total. The van der Waals surface area contributed by atoms with Crippen LogP contribution in [0.5, 0.6) is 0 Å². The first-order valence-electron chi connectivity index (χ1n) is 4.38. The summed E-state index contributed by atoms with van der Waals surface area (Å²) < 4.78 is 0. The SMILES string of the molecule is O=C1Cc2[nH]c(-c3cccs3)cc2N1. The van der Waals surface area contributed by atoms with E-state index in [0.29, 0.717) is 6.42 Å². The number of hydrogen-bond donors (Lipinski definition) is 2. The molecular formula is C10H8N2OS. The molecule has 1 aliphatic rings. The number of hydrogen-bond acceptors (Lipinski definition) is 2. The molecule has 0 atom stereocenters. The number of thiophene rings is 1. The normalized spacial score (nSPS) is 14.1. The number of amides is 1. The molecule has 3 heterocycles. The topological polar surface area (TPSA) is 44.9 Å². The summed E-state index contributed by atoms with van der Waals surface area (Å²) in [6, 6.07) is 6.07. The van der Waals surface area contributed by atoms with Crippen LogP contribution in [0.3, 0.4) is 0 Å². The van der Waals surface area contributed by atoms with E-state index in [-0.39, 0.29) is 5.91 Å². The summed E-state index contributed by atoms with van der Waals surface area (Å²) in [5, 5.41) is 4.86. The predicted molar refractivity (Wildman–Crippen MR) is 56.4 cm³/mol. The summed E-state index contributed by atoms with van der Waals surface area (Å²) in [5.74, 6) is 0.0731. The number of fused-ring (bicyclic) bond motifs is 1. The predicted octanol–water partition coefficient (Wildman–Crippen LogP) is 2.24. The van der Waals surface area contributed by atoms with Crippen molar-refractivity contribution in [3.8, 4) is 10.6 Å². The molecule has 0 saturated carbocycles. The Morgan fingerprint density at radius 1 is 1.43 bits per heavy atom. The first kappa shape index (κ1) is 7.82. The number of carbonyl (C=O) groups is 1. The quantitative estimate of drug-likeness (QED) is 0.735. The number of anilines is 1. The number of aromatic amines is 1. The molecule has 14 heavy (non-hydrogen) atoms. The third kappa shape index (κ3) is 1.08. The minimum Gasteiger partial charge on any atom is -0.356 e. The third-order valence-electron chi connectivity index (χ3n) is 2.30. The van der Waals surface area contributed by atoms with E-state index in [0.717, 1.165) is 17.1 Å². The lowest BCUT2D eigenvalue weighted by atomic mass is 10.3. The average molecular weight is 204 g/mol. The second-order valence-electron chi connectivity index (χ2n) is 3.28. The molecule has 0 spiro atoms. The highest BCUT2D eigenvalue weighted by atomic mass is 32.1. The van der Waals surface area contributed by atoms with E-state index < -0.39 is 0 Å². The molecule has 0 fully saturated rings. The molecule has 4 heteroatoms. The maximum absolute atomic E-state index is 11.0. The highest BCUT2D eigenvalue weighted by molar-refractivity contribution is 7.13. The van der Waals surface area contributed by atoms with Gasteiger partial charge in [0.2, 0.25) is 5.91 Å². The second kappa shape index (κ2) is 2.72. The highest BCUT2D eigenvalue weighted by Gasteiger charge is 2.20. The Balaban J connectivity index is 2.05. The van der Waals surface area contributed by atoms with E-state index in [2.05, 4.69) is 16.4 Å². The first-order valence-corrected chi connectivity index (χ1v) is 5.26. The zero-order chi connectivity index (χ0) is 9.54. The van der Waals surface area contributed by atoms with Crippen molar-refractivity contribution in [3.05, 3.63) is 29.3 Å². The van der Waals surface area contributed by atoms with E-state index >= 15 is 0 Å². The lowest BCUT2D eigenvalue weighted by molar-refractivity contribution is -0.115. The van der Waals surface area contributed by atoms with Crippen LogP contribution in [-0.2, 0) is 11.2 Å². The summed E-state index contributed by atoms with van der Waals surface area (Å²) in [7, 11) is 0. The van der Waals surface area contributed by atoms with Crippen molar-refractivity contribution in [1.29, 1.82) is 0 Å².